The van der Waals surface area contributed by atoms with Crippen molar-refractivity contribution in [1.29, 1.82) is 0 Å². The summed E-state index contributed by atoms with van der Waals surface area (Å²) in [5.41, 5.74) is 0. The van der Waals surface area contributed by atoms with Gasteiger partial charge in [-0.3, -0.25) is 4.79 Å². The van der Waals surface area contributed by atoms with E-state index in [0.717, 1.165) is 12.5 Å². The van der Waals surface area contributed by atoms with Crippen LogP contribution in [0, 0.1) is 0 Å². The van der Waals surface area contributed by atoms with Crippen LogP contribution in [0.25, 0.3) is 0 Å². The first-order chi connectivity index (χ1) is 7.43. The number of Topliss-reactive ketones (excluding diaryl/α,β-unsaturated/α-hetero) is 1. The highest BCUT2D eigenvalue weighted by Gasteiger charge is 2.48. The molecule has 1 heterocycles. The number of carbonyl (C=O) groups is 1. The Bertz CT molecular complexity index is 270. The molecule has 0 amide bonds. The van der Waals surface area contributed by atoms with Gasteiger partial charge in [0.25, 0.3) is 0 Å². The third-order valence-electron chi connectivity index (χ3n) is 3.13. The number of hydrogen-bond donors (Lipinski definition) is 0. The van der Waals surface area contributed by atoms with E-state index in [1.54, 1.807) is 6.92 Å². The number of rotatable bonds is 5. The normalized spacial score (nSPS) is 20.4. The molecule has 0 bridgehead atoms. The molecule has 1 rings (SSSR count). The zero-order valence-electron chi connectivity index (χ0n) is 10.5. The number of ketones is 1. The first-order valence-electron chi connectivity index (χ1n) is 5.82. The van der Waals surface area contributed by atoms with Gasteiger partial charge in [0, 0.05) is 6.42 Å². The molecular formula is C12H22OS2Si. The lowest BCUT2D eigenvalue weighted by atomic mass is 10.3. The summed E-state index contributed by atoms with van der Waals surface area (Å²) in [7, 11) is -1.43. The summed E-state index contributed by atoms with van der Waals surface area (Å²) in [5, 5.41) is 0. The van der Waals surface area contributed by atoms with E-state index in [9.17, 15) is 4.79 Å². The minimum Gasteiger partial charge on any atom is -0.300 e. The van der Waals surface area contributed by atoms with Crippen LogP contribution in [0.5, 0.6) is 0 Å². The van der Waals surface area contributed by atoms with Crippen molar-refractivity contribution < 1.29 is 4.79 Å². The highest BCUT2D eigenvalue weighted by atomic mass is 32.2. The average Bonchev–Trinajstić information content (AvgIpc) is 2.17. The van der Waals surface area contributed by atoms with Crippen molar-refractivity contribution in [3.63, 3.8) is 0 Å². The fourth-order valence-corrected chi connectivity index (χ4v) is 11.0. The minimum absolute atomic E-state index is 0.200. The van der Waals surface area contributed by atoms with Gasteiger partial charge < -0.3 is 0 Å². The van der Waals surface area contributed by atoms with E-state index in [-0.39, 0.29) is 3.70 Å². The summed E-state index contributed by atoms with van der Waals surface area (Å²) < 4.78 is 0.200. The Kier molecular flexibility index (Phi) is 5.20. The van der Waals surface area contributed by atoms with E-state index in [2.05, 4.69) is 19.7 Å². The molecule has 0 radical (unpaired) electrons. The average molecular weight is 275 g/mol. The van der Waals surface area contributed by atoms with E-state index in [4.69, 9.17) is 0 Å². The molecule has 1 aliphatic heterocycles. The first kappa shape index (κ1) is 14.4. The van der Waals surface area contributed by atoms with E-state index >= 15 is 0 Å². The molecule has 0 aliphatic carbocycles. The van der Waals surface area contributed by atoms with Gasteiger partial charge in [0.2, 0.25) is 0 Å². The number of hydrogen-bond acceptors (Lipinski definition) is 3. The molecule has 0 atom stereocenters. The van der Waals surface area contributed by atoms with Crippen LogP contribution >= 0.6 is 23.5 Å². The topological polar surface area (TPSA) is 17.1 Å². The van der Waals surface area contributed by atoms with Gasteiger partial charge in [0.1, 0.15) is 5.78 Å². The zero-order chi connectivity index (χ0) is 12.2. The van der Waals surface area contributed by atoms with Crippen LogP contribution in [0.4, 0.5) is 0 Å². The lowest BCUT2D eigenvalue weighted by molar-refractivity contribution is -0.116. The molecule has 1 nitrogen and oxygen atoms in total. The Balaban J connectivity index is 2.92. The number of allylic oxidation sites excluding steroid dienone is 1. The molecule has 0 spiro atoms. The van der Waals surface area contributed by atoms with Crippen LogP contribution < -0.4 is 0 Å². The molecular weight excluding hydrogens is 252 g/mol. The Morgan fingerprint density at radius 2 is 2.00 bits per heavy atom. The fourth-order valence-electron chi connectivity index (χ4n) is 2.15. The maximum Gasteiger partial charge on any atom is 0.131 e. The Morgan fingerprint density at radius 3 is 2.44 bits per heavy atom. The lowest BCUT2D eigenvalue weighted by Crippen LogP contribution is -2.51. The first-order valence-corrected chi connectivity index (χ1v) is 11.0. The largest absolute Gasteiger partial charge is 0.300 e. The predicted molar refractivity (Wildman–Crippen MR) is 80.0 cm³/mol. The van der Waals surface area contributed by atoms with E-state index in [1.165, 1.54) is 17.9 Å². The van der Waals surface area contributed by atoms with Crippen molar-refractivity contribution >= 4 is 37.4 Å². The highest BCUT2D eigenvalue weighted by Crippen LogP contribution is 2.52. The summed E-state index contributed by atoms with van der Waals surface area (Å²) in [6, 6.07) is 1.11. The summed E-state index contributed by atoms with van der Waals surface area (Å²) in [4.78, 5) is 11.5. The fraction of sp³-hybridized carbons (Fsp3) is 0.750. The SMILES string of the molecule is C=CC[Si](C)(C)C1(CC(C)=O)SCCCS1. The standard InChI is InChI=1S/C12H22OS2Si/c1-5-9-16(3,4)12(10-11(2)13)14-7-6-8-15-12/h5H,1,6-10H2,2-4H3. The molecule has 1 saturated heterocycles. The maximum absolute atomic E-state index is 11.5. The summed E-state index contributed by atoms with van der Waals surface area (Å²) in [6.07, 6.45) is 4.08. The van der Waals surface area contributed by atoms with Gasteiger partial charge in [-0.15, -0.1) is 30.1 Å². The van der Waals surface area contributed by atoms with Crippen molar-refractivity contribution in [2.75, 3.05) is 11.5 Å². The van der Waals surface area contributed by atoms with Crippen LogP contribution in [0.3, 0.4) is 0 Å². The van der Waals surface area contributed by atoms with Crippen LogP contribution in [-0.4, -0.2) is 29.1 Å². The Hall–Kier alpha value is 0.327. The zero-order valence-corrected chi connectivity index (χ0v) is 13.2. The van der Waals surface area contributed by atoms with Crippen LogP contribution in [0.1, 0.15) is 19.8 Å². The van der Waals surface area contributed by atoms with E-state index in [1.807, 2.05) is 29.6 Å². The minimum atomic E-state index is -1.43. The summed E-state index contributed by atoms with van der Waals surface area (Å²) in [6.45, 7) is 10.4. The van der Waals surface area contributed by atoms with Gasteiger partial charge in [0.05, 0.1) is 11.8 Å². The van der Waals surface area contributed by atoms with Crippen molar-refractivity contribution in [3.8, 4) is 0 Å². The van der Waals surface area contributed by atoms with Crippen molar-refractivity contribution in [3.05, 3.63) is 12.7 Å². The molecule has 4 heteroatoms. The second kappa shape index (κ2) is 5.78. The predicted octanol–water partition coefficient (Wildman–Crippen LogP) is 3.97. The second-order valence-corrected chi connectivity index (χ2v) is 13.9. The number of thioether (sulfide) groups is 2. The second-order valence-electron chi connectivity index (χ2n) is 5.06. The maximum atomic E-state index is 11.5. The molecule has 92 valence electrons. The van der Waals surface area contributed by atoms with Crippen molar-refractivity contribution in [2.45, 2.75) is 42.6 Å². The summed E-state index contributed by atoms with van der Waals surface area (Å²) in [5.74, 6) is 2.77. The number of carbonyl (C=O) groups excluding carboxylic acids is 1. The quantitative estimate of drug-likeness (QED) is 0.558. The van der Waals surface area contributed by atoms with Gasteiger partial charge >= 0.3 is 0 Å². The van der Waals surface area contributed by atoms with E-state index in [0.29, 0.717) is 5.78 Å². The van der Waals surface area contributed by atoms with Crippen LogP contribution in [0.2, 0.25) is 19.1 Å². The molecule has 0 N–H and O–H groups in total. The van der Waals surface area contributed by atoms with Crippen LogP contribution in [0.15, 0.2) is 12.7 Å². The van der Waals surface area contributed by atoms with Gasteiger partial charge in [-0.1, -0.05) is 19.2 Å². The molecule has 1 fully saturated rings. The molecule has 0 aromatic rings. The van der Waals surface area contributed by atoms with Gasteiger partial charge in [-0.05, 0) is 30.9 Å². The lowest BCUT2D eigenvalue weighted by Gasteiger charge is -2.46. The van der Waals surface area contributed by atoms with E-state index < -0.39 is 8.07 Å². The molecule has 16 heavy (non-hydrogen) atoms. The third-order valence-corrected chi connectivity index (χ3v) is 13.8. The highest BCUT2D eigenvalue weighted by molar-refractivity contribution is 8.21. The molecule has 0 aromatic carbocycles. The third kappa shape index (κ3) is 3.17. The van der Waals surface area contributed by atoms with Crippen molar-refractivity contribution in [2.24, 2.45) is 0 Å². The summed E-state index contributed by atoms with van der Waals surface area (Å²) >= 11 is 4.08. The Morgan fingerprint density at radius 1 is 1.44 bits per heavy atom. The molecule has 0 aromatic heterocycles. The Labute approximate surface area is 109 Å². The molecule has 1 aliphatic rings. The smallest absolute Gasteiger partial charge is 0.131 e. The van der Waals surface area contributed by atoms with Crippen molar-refractivity contribution in [1.82, 2.24) is 0 Å². The van der Waals surface area contributed by atoms with Gasteiger partial charge in [-0.25, -0.2) is 0 Å². The van der Waals surface area contributed by atoms with Gasteiger partial charge in [-0.2, -0.15) is 0 Å². The molecule has 0 saturated carbocycles. The van der Waals surface area contributed by atoms with Gasteiger partial charge in [0.15, 0.2) is 0 Å². The van der Waals surface area contributed by atoms with Crippen LogP contribution in [-0.2, 0) is 4.79 Å². The monoisotopic (exact) mass is 274 g/mol. The molecule has 0 unspecified atom stereocenters.